The highest BCUT2D eigenvalue weighted by Crippen LogP contribution is 2.20. The number of piperazine rings is 1. The first-order valence-corrected chi connectivity index (χ1v) is 11.3. The summed E-state index contributed by atoms with van der Waals surface area (Å²) >= 11 is 0. The summed E-state index contributed by atoms with van der Waals surface area (Å²) in [6.45, 7) is 6.88. The summed E-state index contributed by atoms with van der Waals surface area (Å²) < 4.78 is 5.03. The van der Waals surface area contributed by atoms with E-state index in [0.717, 1.165) is 5.56 Å². The largest absolute Gasteiger partial charge is 0.450 e. The van der Waals surface area contributed by atoms with Gasteiger partial charge in [-0.1, -0.05) is 30.3 Å². The van der Waals surface area contributed by atoms with Crippen LogP contribution in [0.25, 0.3) is 11.4 Å². The van der Waals surface area contributed by atoms with Crippen LogP contribution in [0.5, 0.6) is 0 Å². The number of carbonyl (C=O) groups is 3. The van der Waals surface area contributed by atoms with Crippen molar-refractivity contribution in [1.29, 1.82) is 0 Å². The SMILES string of the molecule is CCOC(=O)N1CCN(CC(=O)Nc2cc(NCCNC(C)=O)nc(-c3ccccc3)n2)CC1. The molecule has 34 heavy (non-hydrogen) atoms. The summed E-state index contributed by atoms with van der Waals surface area (Å²) in [5, 5.41) is 8.73. The topological polar surface area (TPSA) is 129 Å². The third-order valence-corrected chi connectivity index (χ3v) is 5.10. The highest BCUT2D eigenvalue weighted by Gasteiger charge is 2.23. The summed E-state index contributed by atoms with van der Waals surface area (Å²) in [5.74, 6) is 1.09. The van der Waals surface area contributed by atoms with Crippen molar-refractivity contribution in [1.82, 2.24) is 25.1 Å². The summed E-state index contributed by atoms with van der Waals surface area (Å²) in [5.41, 5.74) is 0.818. The van der Waals surface area contributed by atoms with E-state index in [1.165, 1.54) is 6.92 Å². The lowest BCUT2D eigenvalue weighted by molar-refractivity contribution is -0.119. The molecule has 3 amide bonds. The minimum Gasteiger partial charge on any atom is -0.450 e. The lowest BCUT2D eigenvalue weighted by atomic mass is 10.2. The van der Waals surface area contributed by atoms with E-state index in [0.29, 0.717) is 63.3 Å². The molecule has 0 saturated carbocycles. The van der Waals surface area contributed by atoms with Crippen molar-refractivity contribution >= 4 is 29.5 Å². The number of benzene rings is 1. The molecular formula is C23H31N7O4. The molecule has 0 aliphatic carbocycles. The van der Waals surface area contributed by atoms with Crippen molar-refractivity contribution in [3.05, 3.63) is 36.4 Å². The molecule has 0 atom stereocenters. The maximum Gasteiger partial charge on any atom is 0.409 e. The summed E-state index contributed by atoms with van der Waals surface area (Å²) in [6.07, 6.45) is -0.320. The molecule has 0 bridgehead atoms. The second-order valence-electron chi connectivity index (χ2n) is 7.75. The van der Waals surface area contributed by atoms with Crippen molar-refractivity contribution in [3.63, 3.8) is 0 Å². The molecule has 1 aromatic heterocycles. The molecule has 2 heterocycles. The summed E-state index contributed by atoms with van der Waals surface area (Å²) in [7, 11) is 0. The molecule has 0 spiro atoms. The number of ether oxygens (including phenoxy) is 1. The average molecular weight is 470 g/mol. The Bertz CT molecular complexity index is 979. The van der Waals surface area contributed by atoms with E-state index in [4.69, 9.17) is 4.74 Å². The van der Waals surface area contributed by atoms with E-state index >= 15 is 0 Å². The predicted molar refractivity (Wildman–Crippen MR) is 128 cm³/mol. The Morgan fingerprint density at radius 3 is 2.38 bits per heavy atom. The highest BCUT2D eigenvalue weighted by molar-refractivity contribution is 5.92. The van der Waals surface area contributed by atoms with Gasteiger partial charge < -0.3 is 25.6 Å². The van der Waals surface area contributed by atoms with E-state index in [-0.39, 0.29) is 24.5 Å². The standard InChI is InChI=1S/C23H31N7O4/c1-3-34-23(33)30-13-11-29(12-14-30)16-21(32)26-20-15-19(25-10-9-24-17(2)31)27-22(28-20)18-7-5-4-6-8-18/h4-8,15H,3,9-14,16H2,1-2H3,(H,24,31)(H2,25,26,27,28,32). The number of hydrogen-bond donors (Lipinski definition) is 3. The fourth-order valence-corrected chi connectivity index (χ4v) is 3.44. The van der Waals surface area contributed by atoms with Crippen LogP contribution in [0.3, 0.4) is 0 Å². The molecular weight excluding hydrogens is 438 g/mol. The van der Waals surface area contributed by atoms with E-state index in [1.807, 2.05) is 35.2 Å². The highest BCUT2D eigenvalue weighted by atomic mass is 16.6. The van der Waals surface area contributed by atoms with Crippen LogP contribution in [-0.4, -0.2) is 90.1 Å². The van der Waals surface area contributed by atoms with Crippen LogP contribution in [0.2, 0.25) is 0 Å². The molecule has 1 fully saturated rings. The normalized spacial score (nSPS) is 13.8. The number of carbonyl (C=O) groups excluding carboxylic acids is 3. The molecule has 1 aliphatic rings. The summed E-state index contributed by atoms with van der Waals surface area (Å²) in [4.78, 5) is 48.3. The molecule has 3 N–H and O–H groups in total. The lowest BCUT2D eigenvalue weighted by Crippen LogP contribution is -2.50. The molecule has 182 valence electrons. The minimum absolute atomic E-state index is 0.106. The van der Waals surface area contributed by atoms with Gasteiger partial charge in [0.1, 0.15) is 11.6 Å². The Kier molecular flexibility index (Phi) is 9.15. The molecule has 1 saturated heterocycles. The maximum absolute atomic E-state index is 12.7. The number of amides is 3. The van der Waals surface area contributed by atoms with Gasteiger partial charge >= 0.3 is 6.09 Å². The molecule has 2 aromatic rings. The molecule has 3 rings (SSSR count). The van der Waals surface area contributed by atoms with E-state index in [1.54, 1.807) is 17.9 Å². The van der Waals surface area contributed by atoms with Crippen molar-refractivity contribution in [2.75, 3.05) is 63.1 Å². The first kappa shape index (κ1) is 24.9. The Balaban J connectivity index is 1.62. The van der Waals surface area contributed by atoms with Gasteiger partial charge in [0.15, 0.2) is 5.82 Å². The third-order valence-electron chi connectivity index (χ3n) is 5.10. The van der Waals surface area contributed by atoms with Gasteiger partial charge in [-0.25, -0.2) is 14.8 Å². The molecule has 11 heteroatoms. The fraction of sp³-hybridized carbons (Fsp3) is 0.435. The number of nitrogens with zero attached hydrogens (tertiary/aromatic N) is 4. The third kappa shape index (κ3) is 7.69. The number of anilines is 2. The number of nitrogens with one attached hydrogen (secondary N) is 3. The lowest BCUT2D eigenvalue weighted by Gasteiger charge is -2.33. The zero-order valence-electron chi connectivity index (χ0n) is 19.5. The number of rotatable bonds is 9. The zero-order chi connectivity index (χ0) is 24.3. The van der Waals surface area contributed by atoms with Crippen LogP contribution >= 0.6 is 0 Å². The molecule has 0 radical (unpaired) electrons. The quantitative estimate of drug-likeness (QED) is 0.470. The fourth-order valence-electron chi connectivity index (χ4n) is 3.44. The molecule has 11 nitrogen and oxygen atoms in total. The first-order valence-electron chi connectivity index (χ1n) is 11.3. The average Bonchev–Trinajstić information content (AvgIpc) is 2.83. The Morgan fingerprint density at radius 2 is 1.71 bits per heavy atom. The Hall–Kier alpha value is -3.73. The monoisotopic (exact) mass is 469 g/mol. The molecule has 1 aromatic carbocycles. The Morgan fingerprint density at radius 1 is 1.00 bits per heavy atom. The zero-order valence-corrected chi connectivity index (χ0v) is 19.5. The van der Waals surface area contributed by atoms with Gasteiger partial charge in [-0.3, -0.25) is 14.5 Å². The number of hydrogen-bond acceptors (Lipinski definition) is 8. The van der Waals surface area contributed by atoms with E-state index < -0.39 is 0 Å². The van der Waals surface area contributed by atoms with Crippen LogP contribution in [0.15, 0.2) is 36.4 Å². The summed E-state index contributed by atoms with van der Waals surface area (Å²) in [6, 6.07) is 11.1. The van der Waals surface area contributed by atoms with Gasteiger partial charge in [0, 0.05) is 57.8 Å². The van der Waals surface area contributed by atoms with Gasteiger partial charge in [-0.05, 0) is 6.92 Å². The van der Waals surface area contributed by atoms with Crippen molar-refractivity contribution in [2.45, 2.75) is 13.8 Å². The van der Waals surface area contributed by atoms with Crippen LogP contribution in [0.4, 0.5) is 16.4 Å². The first-order chi connectivity index (χ1) is 16.4. The van der Waals surface area contributed by atoms with Gasteiger partial charge in [0.2, 0.25) is 11.8 Å². The second-order valence-corrected chi connectivity index (χ2v) is 7.75. The Labute approximate surface area is 198 Å². The van der Waals surface area contributed by atoms with E-state index in [2.05, 4.69) is 25.9 Å². The maximum atomic E-state index is 12.7. The molecule has 0 unspecified atom stereocenters. The van der Waals surface area contributed by atoms with Crippen LogP contribution < -0.4 is 16.0 Å². The second kappa shape index (κ2) is 12.5. The van der Waals surface area contributed by atoms with E-state index in [9.17, 15) is 14.4 Å². The van der Waals surface area contributed by atoms with Gasteiger partial charge in [-0.15, -0.1) is 0 Å². The van der Waals surface area contributed by atoms with Crippen molar-refractivity contribution in [2.24, 2.45) is 0 Å². The van der Waals surface area contributed by atoms with Crippen LogP contribution in [0.1, 0.15) is 13.8 Å². The van der Waals surface area contributed by atoms with Gasteiger partial charge in [0.05, 0.1) is 13.2 Å². The van der Waals surface area contributed by atoms with Gasteiger partial charge in [-0.2, -0.15) is 0 Å². The van der Waals surface area contributed by atoms with Gasteiger partial charge in [0.25, 0.3) is 0 Å². The smallest absolute Gasteiger partial charge is 0.409 e. The molecule has 1 aliphatic heterocycles. The predicted octanol–water partition coefficient (Wildman–Crippen LogP) is 1.40. The van der Waals surface area contributed by atoms with Crippen molar-refractivity contribution in [3.8, 4) is 11.4 Å². The minimum atomic E-state index is -0.320. The van der Waals surface area contributed by atoms with Crippen LogP contribution in [0, 0.1) is 0 Å². The number of aromatic nitrogens is 2. The van der Waals surface area contributed by atoms with Crippen molar-refractivity contribution < 1.29 is 19.1 Å². The van der Waals surface area contributed by atoms with Crippen LogP contribution in [-0.2, 0) is 14.3 Å².